The number of nitrogens with one attached hydrogen (secondary N) is 1. The van der Waals surface area contributed by atoms with Crippen molar-refractivity contribution in [1.82, 2.24) is 5.32 Å². The molecule has 0 aliphatic heterocycles. The third-order valence-electron chi connectivity index (χ3n) is 3.41. The van der Waals surface area contributed by atoms with Crippen LogP contribution in [0.15, 0.2) is 0 Å². The summed E-state index contributed by atoms with van der Waals surface area (Å²) in [6.07, 6.45) is 5.19. The van der Waals surface area contributed by atoms with Gasteiger partial charge in [0.15, 0.2) is 0 Å². The first-order chi connectivity index (χ1) is 6.95. The van der Waals surface area contributed by atoms with E-state index in [2.05, 4.69) is 46.9 Å². The maximum absolute atomic E-state index is 3.71. The zero-order valence-electron chi connectivity index (χ0n) is 11.7. The van der Waals surface area contributed by atoms with Crippen LogP contribution in [0, 0.1) is 11.3 Å². The van der Waals surface area contributed by atoms with Crippen molar-refractivity contribution < 1.29 is 0 Å². The predicted octanol–water partition coefficient (Wildman–Crippen LogP) is 4.23. The van der Waals surface area contributed by atoms with Crippen LogP contribution < -0.4 is 5.32 Å². The van der Waals surface area contributed by atoms with E-state index in [1.54, 1.807) is 0 Å². The molecule has 0 radical (unpaired) electrons. The molecule has 0 amide bonds. The van der Waals surface area contributed by atoms with Gasteiger partial charge in [-0.2, -0.15) is 0 Å². The summed E-state index contributed by atoms with van der Waals surface area (Å²) in [5, 5.41) is 3.71. The summed E-state index contributed by atoms with van der Waals surface area (Å²) in [6.45, 7) is 15.1. The summed E-state index contributed by atoms with van der Waals surface area (Å²) in [4.78, 5) is 0. The van der Waals surface area contributed by atoms with E-state index in [-0.39, 0.29) is 0 Å². The van der Waals surface area contributed by atoms with Crippen LogP contribution in [0.25, 0.3) is 0 Å². The molecule has 0 aromatic rings. The molecule has 0 rings (SSSR count). The average Bonchev–Trinajstić information content (AvgIpc) is 2.16. The van der Waals surface area contributed by atoms with Gasteiger partial charge in [-0.05, 0) is 30.7 Å². The van der Waals surface area contributed by atoms with Crippen molar-refractivity contribution in [2.75, 3.05) is 6.54 Å². The molecule has 1 unspecified atom stereocenters. The molecule has 1 heteroatoms. The van der Waals surface area contributed by atoms with Gasteiger partial charge in [-0.3, -0.25) is 0 Å². The van der Waals surface area contributed by atoms with Gasteiger partial charge in [0.2, 0.25) is 0 Å². The Morgan fingerprint density at radius 2 is 1.53 bits per heavy atom. The lowest BCUT2D eigenvalue weighted by Gasteiger charge is -2.34. The lowest BCUT2D eigenvalue weighted by Crippen LogP contribution is -2.42. The Morgan fingerprint density at radius 3 is 1.87 bits per heavy atom. The van der Waals surface area contributed by atoms with E-state index in [1.807, 2.05) is 0 Å². The van der Waals surface area contributed by atoms with Crippen molar-refractivity contribution in [3.63, 3.8) is 0 Å². The van der Waals surface area contributed by atoms with Crippen LogP contribution in [0.5, 0.6) is 0 Å². The fourth-order valence-electron chi connectivity index (χ4n) is 2.02. The van der Waals surface area contributed by atoms with Gasteiger partial charge in [-0.25, -0.2) is 0 Å². The van der Waals surface area contributed by atoms with Crippen molar-refractivity contribution in [2.45, 2.75) is 73.3 Å². The van der Waals surface area contributed by atoms with Crippen molar-refractivity contribution in [1.29, 1.82) is 0 Å². The lowest BCUT2D eigenvalue weighted by molar-refractivity contribution is 0.220. The first kappa shape index (κ1) is 15.0. The quantitative estimate of drug-likeness (QED) is 0.667. The van der Waals surface area contributed by atoms with Crippen molar-refractivity contribution >= 4 is 0 Å². The van der Waals surface area contributed by atoms with Crippen molar-refractivity contribution in [3.8, 4) is 0 Å². The molecule has 92 valence electrons. The molecule has 0 aromatic carbocycles. The van der Waals surface area contributed by atoms with Gasteiger partial charge in [0.05, 0.1) is 0 Å². The molecule has 1 atom stereocenters. The normalized spacial score (nSPS) is 14.6. The molecule has 0 spiro atoms. The Morgan fingerprint density at radius 1 is 1.00 bits per heavy atom. The molecule has 15 heavy (non-hydrogen) atoms. The molecule has 1 nitrogen and oxygen atoms in total. The van der Waals surface area contributed by atoms with Gasteiger partial charge >= 0.3 is 0 Å². The van der Waals surface area contributed by atoms with Crippen LogP contribution in [0.4, 0.5) is 0 Å². The Balaban J connectivity index is 4.23. The molecule has 0 heterocycles. The van der Waals surface area contributed by atoms with Crippen LogP contribution in [-0.2, 0) is 0 Å². The topological polar surface area (TPSA) is 12.0 Å². The highest BCUT2D eigenvalue weighted by Crippen LogP contribution is 2.27. The zero-order valence-corrected chi connectivity index (χ0v) is 11.7. The van der Waals surface area contributed by atoms with E-state index in [0.29, 0.717) is 11.5 Å². The molecule has 1 N–H and O–H groups in total. The van der Waals surface area contributed by atoms with E-state index < -0.39 is 0 Å². The van der Waals surface area contributed by atoms with E-state index in [9.17, 15) is 0 Å². The van der Waals surface area contributed by atoms with Gasteiger partial charge in [0.1, 0.15) is 0 Å². The van der Waals surface area contributed by atoms with Crippen molar-refractivity contribution in [2.24, 2.45) is 11.3 Å². The molecule has 0 aliphatic carbocycles. The van der Waals surface area contributed by atoms with Crippen molar-refractivity contribution in [3.05, 3.63) is 0 Å². The summed E-state index contributed by atoms with van der Waals surface area (Å²) in [7, 11) is 0. The summed E-state index contributed by atoms with van der Waals surface area (Å²) < 4.78 is 0. The van der Waals surface area contributed by atoms with E-state index >= 15 is 0 Å². The molecule has 0 aromatic heterocycles. The third-order valence-corrected chi connectivity index (χ3v) is 3.41. The summed E-state index contributed by atoms with van der Waals surface area (Å²) >= 11 is 0. The van der Waals surface area contributed by atoms with Crippen LogP contribution in [0.3, 0.4) is 0 Å². The maximum Gasteiger partial charge on any atom is 0.0118 e. The molecular formula is C14H31N. The molecule has 0 fully saturated rings. The fourth-order valence-corrected chi connectivity index (χ4v) is 2.02. The molecule has 0 bridgehead atoms. The molecule has 0 saturated carbocycles. The van der Waals surface area contributed by atoms with Crippen LogP contribution >= 0.6 is 0 Å². The van der Waals surface area contributed by atoms with Crippen LogP contribution in [-0.4, -0.2) is 12.6 Å². The highest BCUT2D eigenvalue weighted by Gasteiger charge is 2.25. The average molecular weight is 213 g/mol. The minimum absolute atomic E-state index is 0.387. The van der Waals surface area contributed by atoms with Gasteiger partial charge in [-0.1, -0.05) is 54.4 Å². The second-order valence-corrected chi connectivity index (χ2v) is 5.79. The lowest BCUT2D eigenvalue weighted by atomic mass is 9.80. The summed E-state index contributed by atoms with van der Waals surface area (Å²) in [5.41, 5.74) is 0.387. The largest absolute Gasteiger partial charge is 0.313 e. The predicted molar refractivity (Wildman–Crippen MR) is 70.2 cm³/mol. The minimum Gasteiger partial charge on any atom is -0.313 e. The third kappa shape index (κ3) is 6.19. The number of rotatable bonds is 7. The van der Waals surface area contributed by atoms with Gasteiger partial charge in [-0.15, -0.1) is 0 Å². The first-order valence-corrected chi connectivity index (χ1v) is 6.69. The minimum atomic E-state index is 0.387. The first-order valence-electron chi connectivity index (χ1n) is 6.69. The standard InChI is InChI=1S/C14H31N/c1-7-10-15-13(14(4,5)6)11-12(8-2)9-3/h12-13,15H,7-11H2,1-6H3. The Bertz CT molecular complexity index is 142. The Hall–Kier alpha value is -0.0400. The highest BCUT2D eigenvalue weighted by molar-refractivity contribution is 4.82. The van der Waals surface area contributed by atoms with E-state index in [1.165, 1.54) is 25.7 Å². The second kappa shape index (κ2) is 7.27. The maximum atomic E-state index is 3.71. The van der Waals surface area contributed by atoms with Crippen LogP contribution in [0.1, 0.15) is 67.2 Å². The van der Waals surface area contributed by atoms with Gasteiger partial charge < -0.3 is 5.32 Å². The SMILES string of the molecule is CCCNC(CC(CC)CC)C(C)(C)C. The highest BCUT2D eigenvalue weighted by atomic mass is 14.9. The van der Waals surface area contributed by atoms with Gasteiger partial charge in [0, 0.05) is 6.04 Å². The number of hydrogen-bond donors (Lipinski definition) is 1. The fraction of sp³-hybridized carbons (Fsp3) is 1.00. The number of hydrogen-bond acceptors (Lipinski definition) is 1. The summed E-state index contributed by atoms with van der Waals surface area (Å²) in [5.74, 6) is 0.888. The van der Waals surface area contributed by atoms with E-state index in [0.717, 1.165) is 12.5 Å². The molecule has 0 saturated heterocycles. The van der Waals surface area contributed by atoms with E-state index in [4.69, 9.17) is 0 Å². The van der Waals surface area contributed by atoms with Gasteiger partial charge in [0.25, 0.3) is 0 Å². The monoisotopic (exact) mass is 213 g/mol. The molecular weight excluding hydrogens is 182 g/mol. The Labute approximate surface area is 97.0 Å². The summed E-state index contributed by atoms with van der Waals surface area (Å²) in [6, 6.07) is 0.669. The Kier molecular flexibility index (Phi) is 7.25. The van der Waals surface area contributed by atoms with Crippen LogP contribution in [0.2, 0.25) is 0 Å². The molecule has 0 aliphatic rings. The second-order valence-electron chi connectivity index (χ2n) is 5.79. The zero-order chi connectivity index (χ0) is 11.9. The smallest absolute Gasteiger partial charge is 0.0118 e.